The molecule has 8 nitrogen and oxygen atoms in total. The van der Waals surface area contributed by atoms with Gasteiger partial charge in [0.2, 0.25) is 11.8 Å². The number of hydrogen-bond donors (Lipinski definition) is 2. The fourth-order valence-electron chi connectivity index (χ4n) is 3.33. The Bertz CT molecular complexity index is 1240. The van der Waals surface area contributed by atoms with Gasteiger partial charge in [0, 0.05) is 24.1 Å². The first-order valence-electron chi connectivity index (χ1n) is 11.0. The Labute approximate surface area is 209 Å². The summed E-state index contributed by atoms with van der Waals surface area (Å²) in [7, 11) is 1.27. The van der Waals surface area contributed by atoms with Crippen molar-refractivity contribution in [3.8, 4) is 0 Å². The van der Waals surface area contributed by atoms with E-state index in [-0.39, 0.29) is 23.9 Å². The summed E-state index contributed by atoms with van der Waals surface area (Å²) in [6, 6.07) is 18.5. The normalized spacial score (nSPS) is 11.6. The smallest absolute Gasteiger partial charge is 0.306 e. The molecule has 3 rings (SSSR count). The number of fused-ring (bicyclic) bond motifs is 1. The van der Waals surface area contributed by atoms with Gasteiger partial charge in [0.25, 0.3) is 0 Å². The van der Waals surface area contributed by atoms with Crippen molar-refractivity contribution >= 4 is 57.8 Å². The molecule has 1 unspecified atom stereocenters. The summed E-state index contributed by atoms with van der Waals surface area (Å²) in [6.07, 6.45) is 3.95. The van der Waals surface area contributed by atoms with E-state index in [4.69, 9.17) is 12.2 Å². The van der Waals surface area contributed by atoms with Gasteiger partial charge in [-0.2, -0.15) is 0 Å². The quantitative estimate of drug-likeness (QED) is 0.215. The number of carbonyl (C=O) groups excluding carboxylic acids is 3. The van der Waals surface area contributed by atoms with Gasteiger partial charge in [-0.3, -0.25) is 24.3 Å². The highest BCUT2D eigenvalue weighted by molar-refractivity contribution is 7.80. The first-order valence-corrected chi connectivity index (χ1v) is 11.4. The van der Waals surface area contributed by atoms with Crippen LogP contribution in [0.4, 0.5) is 5.69 Å². The van der Waals surface area contributed by atoms with Crippen LogP contribution in [0.3, 0.4) is 0 Å². The SMILES string of the molecule is COC(=O)CCC(=O)N(C(=S)NC(C)NC(=O)/C=C/c1ccccc1)c1cccc2cccnc12. The number of amides is 2. The molecule has 2 aromatic carbocycles. The number of esters is 1. The van der Waals surface area contributed by atoms with Gasteiger partial charge >= 0.3 is 5.97 Å². The molecule has 0 saturated carbocycles. The van der Waals surface area contributed by atoms with Crippen molar-refractivity contribution in [2.24, 2.45) is 0 Å². The Kier molecular flexibility index (Phi) is 9.02. The number of anilines is 1. The van der Waals surface area contributed by atoms with Crippen LogP contribution in [0.5, 0.6) is 0 Å². The predicted octanol–water partition coefficient (Wildman–Crippen LogP) is 3.57. The second kappa shape index (κ2) is 12.4. The highest BCUT2D eigenvalue weighted by Gasteiger charge is 2.24. The second-order valence-electron chi connectivity index (χ2n) is 7.58. The van der Waals surface area contributed by atoms with E-state index in [1.165, 1.54) is 18.1 Å². The minimum absolute atomic E-state index is 0.0675. The van der Waals surface area contributed by atoms with E-state index < -0.39 is 18.0 Å². The zero-order valence-corrected chi connectivity index (χ0v) is 20.2. The van der Waals surface area contributed by atoms with Gasteiger partial charge in [-0.25, -0.2) is 0 Å². The summed E-state index contributed by atoms with van der Waals surface area (Å²) in [5.41, 5.74) is 1.94. The maximum atomic E-state index is 13.2. The van der Waals surface area contributed by atoms with Gasteiger partial charge in [0.15, 0.2) is 5.11 Å². The van der Waals surface area contributed by atoms with E-state index in [0.29, 0.717) is 11.2 Å². The second-order valence-corrected chi connectivity index (χ2v) is 7.97. The molecule has 0 saturated heterocycles. The van der Waals surface area contributed by atoms with Gasteiger partial charge in [-0.15, -0.1) is 0 Å². The molecule has 9 heteroatoms. The molecule has 1 atom stereocenters. The summed E-state index contributed by atoms with van der Waals surface area (Å²) in [6.45, 7) is 1.71. The molecule has 2 N–H and O–H groups in total. The van der Waals surface area contributed by atoms with E-state index in [1.807, 2.05) is 42.5 Å². The molecule has 0 radical (unpaired) electrons. The van der Waals surface area contributed by atoms with Crippen LogP contribution >= 0.6 is 12.2 Å². The molecule has 0 aliphatic carbocycles. The third-order valence-corrected chi connectivity index (χ3v) is 5.30. The molecule has 0 aliphatic rings. The van der Waals surface area contributed by atoms with E-state index in [1.54, 1.807) is 37.4 Å². The van der Waals surface area contributed by atoms with Gasteiger partial charge in [0.1, 0.15) is 0 Å². The molecule has 0 aliphatic heterocycles. The average molecular weight is 491 g/mol. The van der Waals surface area contributed by atoms with Crippen molar-refractivity contribution in [2.45, 2.75) is 25.9 Å². The average Bonchev–Trinajstić information content (AvgIpc) is 2.86. The van der Waals surface area contributed by atoms with E-state index >= 15 is 0 Å². The number of nitrogens with one attached hydrogen (secondary N) is 2. The van der Waals surface area contributed by atoms with Crippen LogP contribution in [-0.2, 0) is 19.1 Å². The van der Waals surface area contributed by atoms with Crippen LogP contribution in [0.1, 0.15) is 25.3 Å². The Balaban J connectivity index is 1.77. The zero-order chi connectivity index (χ0) is 25.2. The summed E-state index contributed by atoms with van der Waals surface area (Å²) in [5, 5.41) is 6.64. The van der Waals surface area contributed by atoms with Gasteiger partial charge in [-0.05, 0) is 42.9 Å². The van der Waals surface area contributed by atoms with E-state index in [2.05, 4.69) is 20.4 Å². The van der Waals surface area contributed by atoms with Crippen LogP contribution in [0.15, 0.2) is 72.9 Å². The molecule has 1 aromatic heterocycles. The lowest BCUT2D eigenvalue weighted by Crippen LogP contribution is -2.52. The van der Waals surface area contributed by atoms with Crippen molar-refractivity contribution in [2.75, 3.05) is 12.0 Å². The lowest BCUT2D eigenvalue weighted by Gasteiger charge is -2.27. The molecule has 2 amide bonds. The molecule has 3 aromatic rings. The molecule has 1 heterocycles. The first kappa shape index (κ1) is 25.5. The molecular formula is C26H26N4O4S. The van der Waals surface area contributed by atoms with Crippen molar-refractivity contribution in [1.82, 2.24) is 15.6 Å². The molecule has 0 spiro atoms. The summed E-state index contributed by atoms with van der Waals surface area (Å²) >= 11 is 5.56. The number of pyridine rings is 1. The number of nitrogens with zero attached hydrogens (tertiary/aromatic N) is 2. The maximum Gasteiger partial charge on any atom is 0.306 e. The summed E-state index contributed by atoms with van der Waals surface area (Å²) in [5.74, 6) is -1.24. The molecule has 0 bridgehead atoms. The van der Waals surface area contributed by atoms with Crippen molar-refractivity contribution < 1.29 is 19.1 Å². The number of ether oxygens (including phenoxy) is 1. The largest absolute Gasteiger partial charge is 0.469 e. The van der Waals surface area contributed by atoms with Crippen LogP contribution in [0, 0.1) is 0 Å². The van der Waals surface area contributed by atoms with E-state index in [0.717, 1.165) is 10.9 Å². The number of carbonyl (C=O) groups is 3. The minimum Gasteiger partial charge on any atom is -0.469 e. The molecule has 180 valence electrons. The van der Waals surface area contributed by atoms with Crippen molar-refractivity contribution in [3.05, 3.63) is 78.5 Å². The molecule has 0 fully saturated rings. The Hall–Kier alpha value is -4.11. The van der Waals surface area contributed by atoms with Crippen molar-refractivity contribution in [1.29, 1.82) is 0 Å². The Morgan fingerprint density at radius 1 is 1.03 bits per heavy atom. The maximum absolute atomic E-state index is 13.2. The fraction of sp³-hybridized carbons (Fsp3) is 0.192. The standard InChI is InChI=1S/C26H26N4O4S/c1-18(28-22(31)14-13-19-8-4-3-5-9-19)29-26(35)30(23(32)15-16-24(33)34-2)21-12-6-10-20-11-7-17-27-25(20)21/h3-14,17-18H,15-16H2,1-2H3,(H,28,31)(H,29,35)/b14-13+. The number of aromatic nitrogens is 1. The number of rotatable bonds is 8. The van der Waals surface area contributed by atoms with Crippen LogP contribution in [0.25, 0.3) is 17.0 Å². The first-order chi connectivity index (χ1) is 16.9. The minimum atomic E-state index is -0.589. The lowest BCUT2D eigenvalue weighted by molar-refractivity contribution is -0.141. The van der Waals surface area contributed by atoms with Gasteiger partial charge in [-0.1, -0.05) is 48.5 Å². The Morgan fingerprint density at radius 2 is 1.77 bits per heavy atom. The monoisotopic (exact) mass is 490 g/mol. The van der Waals surface area contributed by atoms with Gasteiger partial charge < -0.3 is 15.4 Å². The van der Waals surface area contributed by atoms with Gasteiger partial charge in [0.05, 0.1) is 30.9 Å². The predicted molar refractivity (Wildman–Crippen MR) is 139 cm³/mol. The molecular weight excluding hydrogens is 464 g/mol. The fourth-order valence-corrected chi connectivity index (χ4v) is 3.71. The lowest BCUT2D eigenvalue weighted by atomic mass is 10.1. The summed E-state index contributed by atoms with van der Waals surface area (Å²) in [4.78, 5) is 42.8. The third-order valence-electron chi connectivity index (χ3n) is 5.00. The van der Waals surface area contributed by atoms with E-state index in [9.17, 15) is 14.4 Å². The topological polar surface area (TPSA) is 101 Å². The summed E-state index contributed by atoms with van der Waals surface area (Å²) < 4.78 is 4.66. The number of methoxy groups -OCH3 is 1. The number of hydrogen-bond acceptors (Lipinski definition) is 6. The highest BCUT2D eigenvalue weighted by Crippen LogP contribution is 2.26. The van der Waals surface area contributed by atoms with Crippen LogP contribution in [0.2, 0.25) is 0 Å². The third kappa shape index (κ3) is 7.18. The molecule has 35 heavy (non-hydrogen) atoms. The van der Waals surface area contributed by atoms with Crippen molar-refractivity contribution in [3.63, 3.8) is 0 Å². The number of thiocarbonyl (C=S) groups is 1. The van der Waals surface area contributed by atoms with Crippen LogP contribution in [-0.4, -0.2) is 41.2 Å². The Morgan fingerprint density at radius 3 is 2.51 bits per heavy atom. The highest BCUT2D eigenvalue weighted by atomic mass is 32.1. The van der Waals surface area contributed by atoms with Crippen LogP contribution < -0.4 is 15.5 Å². The zero-order valence-electron chi connectivity index (χ0n) is 19.4. The number of para-hydroxylation sites is 1. The number of benzene rings is 2.